The Hall–Kier alpha value is -3.45. The van der Waals surface area contributed by atoms with E-state index < -0.39 is 0 Å². The van der Waals surface area contributed by atoms with Crippen LogP contribution in [0.2, 0.25) is 0 Å². The van der Waals surface area contributed by atoms with E-state index >= 15 is 0 Å². The third kappa shape index (κ3) is 4.29. The molecule has 0 bridgehead atoms. The number of phenols is 1. The number of H-pyrrole nitrogens is 1. The van der Waals surface area contributed by atoms with E-state index in [4.69, 9.17) is 0 Å². The molecule has 2 N–H and O–H groups in total. The summed E-state index contributed by atoms with van der Waals surface area (Å²) in [5.74, 6) is 1.02. The maximum absolute atomic E-state index is 13.3. The summed E-state index contributed by atoms with van der Waals surface area (Å²) in [6.07, 6.45) is 0. The Kier molecular flexibility index (Phi) is 5.73. The maximum atomic E-state index is 13.3. The summed E-state index contributed by atoms with van der Waals surface area (Å²) < 4.78 is 0. The number of aromatic hydroxyl groups is 1. The number of hydrogen-bond donors (Lipinski definition) is 2. The van der Waals surface area contributed by atoms with Gasteiger partial charge in [-0.25, -0.2) is 4.98 Å². The number of anilines is 1. The SMILES string of the molecule is O=C(c1ccccc1CSc1nc2ccccc2[nH]1)N1CCN(c2ccc(O)cc2)CC1. The highest BCUT2D eigenvalue weighted by molar-refractivity contribution is 7.98. The topological polar surface area (TPSA) is 72.5 Å². The zero-order chi connectivity index (χ0) is 21.9. The van der Waals surface area contributed by atoms with E-state index in [0.29, 0.717) is 18.8 Å². The van der Waals surface area contributed by atoms with Gasteiger partial charge in [0.25, 0.3) is 5.91 Å². The average molecular weight is 445 g/mol. The Morgan fingerprint density at radius 2 is 1.66 bits per heavy atom. The van der Waals surface area contributed by atoms with Gasteiger partial charge in [0, 0.05) is 43.2 Å². The van der Waals surface area contributed by atoms with Gasteiger partial charge < -0.3 is 19.9 Å². The van der Waals surface area contributed by atoms with Gasteiger partial charge in [0.05, 0.1) is 11.0 Å². The number of imidazole rings is 1. The smallest absolute Gasteiger partial charge is 0.254 e. The lowest BCUT2D eigenvalue weighted by molar-refractivity contribution is 0.0746. The zero-order valence-electron chi connectivity index (χ0n) is 17.6. The minimum absolute atomic E-state index is 0.0798. The van der Waals surface area contributed by atoms with Crippen molar-refractivity contribution in [2.45, 2.75) is 10.9 Å². The number of nitrogens with zero attached hydrogens (tertiary/aromatic N) is 3. The minimum Gasteiger partial charge on any atom is -0.508 e. The quantitative estimate of drug-likeness (QED) is 0.443. The number of fused-ring (bicyclic) bond motifs is 1. The van der Waals surface area contributed by atoms with E-state index in [1.54, 1.807) is 23.9 Å². The molecule has 1 amide bonds. The summed E-state index contributed by atoms with van der Waals surface area (Å²) in [5.41, 5.74) is 4.81. The highest BCUT2D eigenvalue weighted by Gasteiger charge is 2.24. The van der Waals surface area contributed by atoms with E-state index in [0.717, 1.165) is 46.1 Å². The molecule has 4 aromatic rings. The number of amides is 1. The molecule has 0 unspecified atom stereocenters. The molecule has 2 heterocycles. The number of phenolic OH excluding ortho intramolecular Hbond substituents is 1. The first-order valence-corrected chi connectivity index (χ1v) is 11.6. The van der Waals surface area contributed by atoms with Gasteiger partial charge in [-0.05, 0) is 48.0 Å². The van der Waals surface area contributed by atoms with Crippen molar-refractivity contribution in [1.82, 2.24) is 14.9 Å². The molecule has 3 aromatic carbocycles. The van der Waals surface area contributed by atoms with Gasteiger partial charge in [0.2, 0.25) is 0 Å². The van der Waals surface area contributed by atoms with Gasteiger partial charge in [-0.3, -0.25) is 4.79 Å². The molecule has 162 valence electrons. The molecule has 6 nitrogen and oxygen atoms in total. The van der Waals surface area contributed by atoms with E-state index in [9.17, 15) is 9.90 Å². The Morgan fingerprint density at radius 1 is 0.938 bits per heavy atom. The van der Waals surface area contributed by atoms with E-state index in [1.165, 1.54) is 0 Å². The van der Waals surface area contributed by atoms with Crippen LogP contribution in [0.3, 0.4) is 0 Å². The van der Waals surface area contributed by atoms with Gasteiger partial charge in [0.1, 0.15) is 5.75 Å². The molecule has 7 heteroatoms. The molecule has 0 aliphatic carbocycles. The monoisotopic (exact) mass is 444 g/mol. The van der Waals surface area contributed by atoms with Crippen molar-refractivity contribution in [3.63, 3.8) is 0 Å². The van der Waals surface area contributed by atoms with Crippen LogP contribution >= 0.6 is 11.8 Å². The van der Waals surface area contributed by atoms with Crippen LogP contribution in [0.4, 0.5) is 5.69 Å². The number of piperazine rings is 1. The Bertz CT molecular complexity index is 1200. The number of para-hydroxylation sites is 2. The Morgan fingerprint density at radius 3 is 2.44 bits per heavy atom. The third-order valence-electron chi connectivity index (χ3n) is 5.76. The number of hydrogen-bond acceptors (Lipinski definition) is 5. The van der Waals surface area contributed by atoms with Crippen molar-refractivity contribution < 1.29 is 9.90 Å². The van der Waals surface area contributed by atoms with Gasteiger partial charge >= 0.3 is 0 Å². The van der Waals surface area contributed by atoms with Gasteiger partial charge in [-0.15, -0.1) is 0 Å². The van der Waals surface area contributed by atoms with Crippen LogP contribution in [-0.4, -0.2) is 52.1 Å². The fourth-order valence-corrected chi connectivity index (χ4v) is 4.89. The highest BCUT2D eigenvalue weighted by Crippen LogP contribution is 2.26. The minimum atomic E-state index is 0.0798. The predicted octanol–water partition coefficient (Wildman–Crippen LogP) is 4.52. The fraction of sp³-hybridized carbons (Fsp3) is 0.200. The molecule has 0 radical (unpaired) electrons. The second-order valence-electron chi connectivity index (χ2n) is 7.80. The third-order valence-corrected chi connectivity index (χ3v) is 6.68. The van der Waals surface area contributed by atoms with Crippen molar-refractivity contribution >= 4 is 34.4 Å². The van der Waals surface area contributed by atoms with Crippen LogP contribution in [0.1, 0.15) is 15.9 Å². The number of carbonyl (C=O) groups excluding carboxylic acids is 1. The molecule has 0 spiro atoms. The average Bonchev–Trinajstić information content (AvgIpc) is 3.26. The molecule has 0 saturated carbocycles. The summed E-state index contributed by atoms with van der Waals surface area (Å²) in [4.78, 5) is 25.4. The van der Waals surface area contributed by atoms with Gasteiger partial charge in [0.15, 0.2) is 5.16 Å². The number of rotatable bonds is 5. The zero-order valence-corrected chi connectivity index (χ0v) is 18.4. The van der Waals surface area contributed by atoms with Crippen molar-refractivity contribution in [3.05, 3.63) is 83.9 Å². The first kappa shape index (κ1) is 20.5. The second kappa shape index (κ2) is 8.96. The summed E-state index contributed by atoms with van der Waals surface area (Å²) in [5, 5.41) is 10.4. The number of benzene rings is 3. The first-order chi connectivity index (χ1) is 15.7. The summed E-state index contributed by atoms with van der Waals surface area (Å²) in [6, 6.07) is 23.0. The largest absolute Gasteiger partial charge is 0.508 e. The van der Waals surface area contributed by atoms with Crippen molar-refractivity contribution in [3.8, 4) is 5.75 Å². The van der Waals surface area contributed by atoms with E-state index in [-0.39, 0.29) is 11.7 Å². The number of aromatic amines is 1. The maximum Gasteiger partial charge on any atom is 0.254 e. The van der Waals surface area contributed by atoms with Crippen LogP contribution in [-0.2, 0) is 5.75 Å². The number of aromatic nitrogens is 2. The molecule has 1 aliphatic rings. The molecule has 5 rings (SSSR count). The number of nitrogens with one attached hydrogen (secondary N) is 1. The molecular weight excluding hydrogens is 420 g/mol. The van der Waals surface area contributed by atoms with Gasteiger partial charge in [-0.1, -0.05) is 42.1 Å². The molecule has 1 aromatic heterocycles. The summed E-state index contributed by atoms with van der Waals surface area (Å²) >= 11 is 1.61. The molecule has 1 fully saturated rings. The second-order valence-corrected chi connectivity index (χ2v) is 8.76. The lowest BCUT2D eigenvalue weighted by Crippen LogP contribution is -2.49. The number of thioether (sulfide) groups is 1. The van der Waals surface area contributed by atoms with E-state index in [2.05, 4.69) is 14.9 Å². The van der Waals surface area contributed by atoms with Crippen LogP contribution in [0.25, 0.3) is 11.0 Å². The standard InChI is InChI=1S/C25H24N4O2S/c30-20-11-9-19(10-12-20)28-13-15-29(16-14-28)24(31)21-6-2-1-5-18(21)17-32-25-26-22-7-3-4-8-23(22)27-25/h1-12,30H,13-17H2,(H,26,27). The molecule has 1 aliphatic heterocycles. The first-order valence-electron chi connectivity index (χ1n) is 10.7. The molecular formula is C25H24N4O2S. The van der Waals surface area contributed by atoms with Crippen molar-refractivity contribution in [1.29, 1.82) is 0 Å². The lowest BCUT2D eigenvalue weighted by atomic mass is 10.1. The Balaban J connectivity index is 1.25. The molecule has 0 atom stereocenters. The summed E-state index contributed by atoms with van der Waals surface area (Å²) in [7, 11) is 0. The highest BCUT2D eigenvalue weighted by atomic mass is 32.2. The Labute approximate surface area is 190 Å². The van der Waals surface area contributed by atoms with E-state index in [1.807, 2.05) is 65.6 Å². The van der Waals surface area contributed by atoms with Crippen molar-refractivity contribution in [2.24, 2.45) is 0 Å². The lowest BCUT2D eigenvalue weighted by Gasteiger charge is -2.36. The molecule has 32 heavy (non-hydrogen) atoms. The number of carbonyl (C=O) groups is 1. The fourth-order valence-electron chi connectivity index (χ4n) is 4.00. The summed E-state index contributed by atoms with van der Waals surface area (Å²) in [6.45, 7) is 2.88. The van der Waals surface area contributed by atoms with Crippen LogP contribution < -0.4 is 4.90 Å². The van der Waals surface area contributed by atoms with Crippen LogP contribution in [0, 0.1) is 0 Å². The van der Waals surface area contributed by atoms with Crippen LogP contribution in [0.15, 0.2) is 78.0 Å². The predicted molar refractivity (Wildman–Crippen MR) is 128 cm³/mol. The normalized spacial score (nSPS) is 14.1. The van der Waals surface area contributed by atoms with Crippen molar-refractivity contribution in [2.75, 3.05) is 31.1 Å². The van der Waals surface area contributed by atoms with Crippen LogP contribution in [0.5, 0.6) is 5.75 Å². The van der Waals surface area contributed by atoms with Gasteiger partial charge in [-0.2, -0.15) is 0 Å². The molecule has 1 saturated heterocycles.